The van der Waals surface area contributed by atoms with Crippen LogP contribution in [0.2, 0.25) is 5.02 Å². The first kappa shape index (κ1) is 15.4. The first-order chi connectivity index (χ1) is 8.17. The zero-order chi connectivity index (χ0) is 13.1. The molecule has 94 valence electrons. The normalized spacial score (nSPS) is 10.7. The molecule has 1 rings (SSSR count). The minimum atomic E-state index is -0.250. The Hall–Kier alpha value is -1.55. The number of benzene rings is 1. The predicted octanol–water partition coefficient (Wildman–Crippen LogP) is 2.28. The van der Waals surface area contributed by atoms with Crippen LogP contribution in [0, 0.1) is 0 Å². The number of carboxylic acid groups (broad SMARTS) is 1. The molecule has 1 aromatic rings. The molecule has 0 spiro atoms. The number of hydrogen-bond acceptors (Lipinski definition) is 2. The second kappa shape index (κ2) is 9.66. The molecule has 4 nitrogen and oxygen atoms in total. The van der Waals surface area contributed by atoms with E-state index in [0.717, 1.165) is 23.4 Å². The summed E-state index contributed by atoms with van der Waals surface area (Å²) in [7, 11) is 0. The molecular weight excluding hydrogens is 242 g/mol. The van der Waals surface area contributed by atoms with Crippen LogP contribution in [0.5, 0.6) is 0 Å². The highest BCUT2D eigenvalue weighted by Gasteiger charge is 2.07. The molecule has 5 heteroatoms. The van der Waals surface area contributed by atoms with E-state index in [0.29, 0.717) is 12.5 Å². The van der Waals surface area contributed by atoms with Gasteiger partial charge in [-0.2, -0.15) is 0 Å². The quantitative estimate of drug-likeness (QED) is 0.628. The third kappa shape index (κ3) is 6.58. The zero-order valence-corrected chi connectivity index (χ0v) is 10.4. The van der Waals surface area contributed by atoms with E-state index in [-0.39, 0.29) is 6.47 Å². The van der Waals surface area contributed by atoms with Crippen LogP contribution in [0.4, 0.5) is 0 Å². The molecular formula is C12H16ClNO3. The Morgan fingerprint density at radius 2 is 2.00 bits per heavy atom. The standard InChI is InChI=1S/C11H14ClNO.CH2O2/c1-9(6-7-13-8-14)10-4-2-3-5-11(10)12;2-1-3/h2-5,8-9H,6-7H2,1H3,(H,13,14);1H,(H,2,3)/t9-;/m0./s1. The lowest BCUT2D eigenvalue weighted by Gasteiger charge is -2.12. The van der Waals surface area contributed by atoms with Crippen molar-refractivity contribution in [3.05, 3.63) is 34.9 Å². The van der Waals surface area contributed by atoms with Gasteiger partial charge in [-0.25, -0.2) is 0 Å². The molecule has 0 fully saturated rings. The Kier molecular flexibility index (Phi) is 8.78. The molecule has 0 aliphatic rings. The second-order valence-corrected chi connectivity index (χ2v) is 3.80. The minimum absolute atomic E-state index is 0.250. The average molecular weight is 258 g/mol. The molecule has 0 bridgehead atoms. The highest BCUT2D eigenvalue weighted by Crippen LogP contribution is 2.25. The maximum Gasteiger partial charge on any atom is 0.290 e. The Labute approximate surface area is 106 Å². The Morgan fingerprint density at radius 3 is 2.53 bits per heavy atom. The third-order valence-electron chi connectivity index (χ3n) is 2.24. The van der Waals surface area contributed by atoms with Crippen LogP contribution in [-0.4, -0.2) is 24.5 Å². The van der Waals surface area contributed by atoms with Gasteiger partial charge in [-0.1, -0.05) is 36.7 Å². The van der Waals surface area contributed by atoms with E-state index in [9.17, 15) is 4.79 Å². The molecule has 0 saturated heterocycles. The smallest absolute Gasteiger partial charge is 0.290 e. The van der Waals surface area contributed by atoms with Gasteiger partial charge in [0.05, 0.1) is 0 Å². The molecule has 17 heavy (non-hydrogen) atoms. The van der Waals surface area contributed by atoms with Crippen molar-refractivity contribution in [1.82, 2.24) is 5.32 Å². The summed E-state index contributed by atoms with van der Waals surface area (Å²) < 4.78 is 0. The molecule has 0 aliphatic heterocycles. The van der Waals surface area contributed by atoms with Gasteiger partial charge < -0.3 is 10.4 Å². The van der Waals surface area contributed by atoms with Gasteiger partial charge >= 0.3 is 0 Å². The Balaban J connectivity index is 0.000000770. The number of carbonyl (C=O) groups excluding carboxylic acids is 1. The van der Waals surface area contributed by atoms with Gasteiger partial charge in [0.2, 0.25) is 6.41 Å². The molecule has 2 N–H and O–H groups in total. The number of nitrogens with one attached hydrogen (secondary N) is 1. The van der Waals surface area contributed by atoms with E-state index in [1.54, 1.807) is 0 Å². The van der Waals surface area contributed by atoms with E-state index in [2.05, 4.69) is 12.2 Å². The molecule has 0 saturated carbocycles. The molecule has 0 radical (unpaired) electrons. The maximum absolute atomic E-state index is 10.1. The van der Waals surface area contributed by atoms with Crippen molar-refractivity contribution in [3.8, 4) is 0 Å². The molecule has 0 aromatic heterocycles. The van der Waals surface area contributed by atoms with Crippen LogP contribution in [-0.2, 0) is 9.59 Å². The van der Waals surface area contributed by atoms with Gasteiger partial charge in [-0.3, -0.25) is 9.59 Å². The van der Waals surface area contributed by atoms with Crippen LogP contribution in [0.1, 0.15) is 24.8 Å². The van der Waals surface area contributed by atoms with Gasteiger partial charge in [0, 0.05) is 11.6 Å². The van der Waals surface area contributed by atoms with Crippen molar-refractivity contribution in [2.75, 3.05) is 6.54 Å². The van der Waals surface area contributed by atoms with Crippen LogP contribution in [0.3, 0.4) is 0 Å². The second-order valence-electron chi connectivity index (χ2n) is 3.39. The summed E-state index contributed by atoms with van der Waals surface area (Å²) in [6, 6.07) is 7.81. The number of hydrogen-bond donors (Lipinski definition) is 2. The van der Waals surface area contributed by atoms with Crippen LogP contribution in [0.15, 0.2) is 24.3 Å². The first-order valence-corrected chi connectivity index (χ1v) is 5.54. The summed E-state index contributed by atoms with van der Waals surface area (Å²) in [6.07, 6.45) is 1.63. The van der Waals surface area contributed by atoms with Crippen molar-refractivity contribution in [2.24, 2.45) is 0 Å². The van der Waals surface area contributed by atoms with Crippen molar-refractivity contribution < 1.29 is 14.7 Å². The van der Waals surface area contributed by atoms with Gasteiger partial charge in [-0.15, -0.1) is 0 Å². The van der Waals surface area contributed by atoms with Gasteiger partial charge in [0.1, 0.15) is 0 Å². The average Bonchev–Trinajstić information content (AvgIpc) is 2.31. The van der Waals surface area contributed by atoms with Crippen LogP contribution in [0.25, 0.3) is 0 Å². The van der Waals surface area contributed by atoms with Gasteiger partial charge in [0.25, 0.3) is 6.47 Å². The SMILES string of the molecule is C[C@@H](CCNC=O)c1ccccc1Cl.O=CO. The van der Waals surface area contributed by atoms with E-state index < -0.39 is 0 Å². The molecule has 1 amide bonds. The summed E-state index contributed by atoms with van der Waals surface area (Å²) >= 11 is 6.04. The fraction of sp³-hybridized carbons (Fsp3) is 0.333. The Morgan fingerprint density at radius 1 is 1.41 bits per heavy atom. The van der Waals surface area contributed by atoms with E-state index in [1.165, 1.54) is 0 Å². The molecule has 0 heterocycles. The number of amides is 1. The van der Waals surface area contributed by atoms with E-state index in [4.69, 9.17) is 21.5 Å². The van der Waals surface area contributed by atoms with Crippen molar-refractivity contribution in [3.63, 3.8) is 0 Å². The van der Waals surface area contributed by atoms with Crippen LogP contribution >= 0.6 is 11.6 Å². The molecule has 1 atom stereocenters. The van der Waals surface area contributed by atoms with Gasteiger partial charge in [-0.05, 0) is 24.0 Å². The van der Waals surface area contributed by atoms with Crippen molar-refractivity contribution in [2.45, 2.75) is 19.3 Å². The van der Waals surface area contributed by atoms with Crippen LogP contribution < -0.4 is 5.32 Å². The first-order valence-electron chi connectivity index (χ1n) is 5.16. The highest BCUT2D eigenvalue weighted by atomic mass is 35.5. The number of rotatable bonds is 5. The lowest BCUT2D eigenvalue weighted by atomic mass is 9.98. The molecule has 0 unspecified atom stereocenters. The minimum Gasteiger partial charge on any atom is -0.483 e. The number of halogens is 1. The summed E-state index contributed by atoms with van der Waals surface area (Å²) in [5, 5.41) is 10.3. The summed E-state index contributed by atoms with van der Waals surface area (Å²) in [6.45, 7) is 2.55. The largest absolute Gasteiger partial charge is 0.483 e. The Bertz CT molecular complexity index is 344. The van der Waals surface area contributed by atoms with E-state index >= 15 is 0 Å². The maximum atomic E-state index is 10.1. The van der Waals surface area contributed by atoms with Crippen molar-refractivity contribution >= 4 is 24.5 Å². The fourth-order valence-electron chi connectivity index (χ4n) is 1.39. The van der Waals surface area contributed by atoms with Gasteiger partial charge in [0.15, 0.2) is 0 Å². The van der Waals surface area contributed by atoms with E-state index in [1.807, 2.05) is 24.3 Å². The number of carbonyl (C=O) groups is 2. The molecule has 1 aromatic carbocycles. The highest BCUT2D eigenvalue weighted by molar-refractivity contribution is 6.31. The zero-order valence-electron chi connectivity index (χ0n) is 9.60. The lowest BCUT2D eigenvalue weighted by Crippen LogP contribution is -2.14. The predicted molar refractivity (Wildman–Crippen MR) is 67.2 cm³/mol. The topological polar surface area (TPSA) is 66.4 Å². The summed E-state index contributed by atoms with van der Waals surface area (Å²) in [5.41, 5.74) is 1.14. The van der Waals surface area contributed by atoms with Crippen molar-refractivity contribution in [1.29, 1.82) is 0 Å². The lowest BCUT2D eigenvalue weighted by molar-refractivity contribution is -0.122. The summed E-state index contributed by atoms with van der Waals surface area (Å²) in [4.78, 5) is 18.4. The third-order valence-corrected chi connectivity index (χ3v) is 2.59. The summed E-state index contributed by atoms with van der Waals surface area (Å²) in [5.74, 6) is 0.371. The fourth-order valence-corrected chi connectivity index (χ4v) is 1.71. The monoisotopic (exact) mass is 257 g/mol. The molecule has 0 aliphatic carbocycles.